The summed E-state index contributed by atoms with van der Waals surface area (Å²) >= 11 is 2.16. The molecule has 9 heteroatoms. The van der Waals surface area contributed by atoms with Crippen LogP contribution in [-0.4, -0.2) is 56.8 Å². The molecular formula is C18H23FIN5O2. The predicted octanol–water partition coefficient (Wildman–Crippen LogP) is 3.78. The Kier molecular flexibility index (Phi) is 5.68. The molecule has 146 valence electrons. The average Bonchev–Trinajstić information content (AvgIpc) is 2.59. The van der Waals surface area contributed by atoms with Gasteiger partial charge in [0.2, 0.25) is 5.95 Å². The molecule has 1 N–H and O–H groups in total. The number of alkyl halides is 1. The Labute approximate surface area is 171 Å². The van der Waals surface area contributed by atoms with Crippen LogP contribution in [-0.2, 0) is 4.74 Å². The van der Waals surface area contributed by atoms with Gasteiger partial charge in [-0.1, -0.05) is 0 Å². The molecular weight excluding hydrogens is 464 g/mol. The molecule has 0 saturated carbocycles. The first-order valence-electron chi connectivity index (χ1n) is 8.82. The van der Waals surface area contributed by atoms with Crippen LogP contribution in [0.3, 0.4) is 0 Å². The zero-order valence-corrected chi connectivity index (χ0v) is 17.8. The number of hydrogen-bond donors (Lipinski definition) is 1. The molecule has 0 spiro atoms. The van der Waals surface area contributed by atoms with Crippen LogP contribution in [0.1, 0.15) is 33.6 Å². The lowest BCUT2D eigenvalue weighted by molar-refractivity contribution is -0.00211. The van der Waals surface area contributed by atoms with Crippen LogP contribution < -0.4 is 5.32 Å². The number of nitrogens with zero attached hydrogens (tertiary/aromatic N) is 4. The van der Waals surface area contributed by atoms with E-state index in [2.05, 4.69) is 42.9 Å². The van der Waals surface area contributed by atoms with Crippen molar-refractivity contribution in [2.45, 2.75) is 44.9 Å². The van der Waals surface area contributed by atoms with Gasteiger partial charge in [-0.2, -0.15) is 0 Å². The number of amides is 1. The first kappa shape index (κ1) is 20.0. The zero-order chi connectivity index (χ0) is 19.7. The minimum Gasteiger partial charge on any atom is -0.444 e. The number of aromatic nitrogens is 3. The van der Waals surface area contributed by atoms with Crippen molar-refractivity contribution in [3.05, 3.63) is 22.2 Å². The number of carbonyl (C=O) groups is 1. The summed E-state index contributed by atoms with van der Waals surface area (Å²) in [7, 11) is 0. The van der Waals surface area contributed by atoms with E-state index in [0.29, 0.717) is 25.3 Å². The van der Waals surface area contributed by atoms with Gasteiger partial charge in [0.25, 0.3) is 0 Å². The number of likely N-dealkylation sites (tertiary alicyclic amines) is 1. The number of hydrogen-bond acceptors (Lipinski definition) is 6. The third kappa shape index (κ3) is 5.14. The molecule has 0 aliphatic carbocycles. The molecule has 1 saturated heterocycles. The van der Waals surface area contributed by atoms with Crippen molar-refractivity contribution in [1.82, 2.24) is 19.9 Å². The lowest BCUT2D eigenvalue weighted by atomic mass is 9.95. The van der Waals surface area contributed by atoms with E-state index in [4.69, 9.17) is 4.74 Å². The van der Waals surface area contributed by atoms with Crippen molar-refractivity contribution < 1.29 is 13.9 Å². The number of nitrogens with one attached hydrogen (secondary N) is 1. The number of fused-ring (bicyclic) bond motifs is 1. The van der Waals surface area contributed by atoms with Crippen molar-refractivity contribution in [2.75, 3.05) is 25.0 Å². The Hall–Kier alpha value is -1.78. The minimum atomic E-state index is -1.56. The van der Waals surface area contributed by atoms with E-state index in [9.17, 15) is 4.79 Å². The van der Waals surface area contributed by atoms with Crippen LogP contribution in [0.4, 0.5) is 15.1 Å². The van der Waals surface area contributed by atoms with E-state index in [1.54, 1.807) is 39.4 Å². The molecule has 0 bridgehead atoms. The quantitative estimate of drug-likeness (QED) is 0.664. The smallest absolute Gasteiger partial charge is 0.410 e. The number of pyridine rings is 1. The highest BCUT2D eigenvalue weighted by Crippen LogP contribution is 2.27. The van der Waals surface area contributed by atoms with Gasteiger partial charge in [0.05, 0.1) is 22.2 Å². The highest BCUT2D eigenvalue weighted by molar-refractivity contribution is 14.1. The maximum atomic E-state index is 15.3. The summed E-state index contributed by atoms with van der Waals surface area (Å²) in [5.74, 6) is 0.359. The summed E-state index contributed by atoms with van der Waals surface area (Å²) in [6.45, 7) is 5.91. The summed E-state index contributed by atoms with van der Waals surface area (Å²) in [6, 6.07) is 0. The molecule has 3 heterocycles. The number of anilines is 1. The Morgan fingerprint density at radius 1 is 1.41 bits per heavy atom. The molecule has 0 aromatic carbocycles. The minimum absolute atomic E-state index is 0.00997. The fourth-order valence-electron chi connectivity index (χ4n) is 2.96. The second-order valence-electron chi connectivity index (χ2n) is 7.76. The summed E-state index contributed by atoms with van der Waals surface area (Å²) in [5.41, 5.74) is -1.38. The number of carbonyl (C=O) groups excluding carboxylic acids is 1. The van der Waals surface area contributed by atoms with Crippen LogP contribution in [0.25, 0.3) is 10.9 Å². The molecule has 1 fully saturated rings. The van der Waals surface area contributed by atoms with E-state index in [1.807, 2.05) is 0 Å². The van der Waals surface area contributed by atoms with Crippen LogP contribution >= 0.6 is 22.6 Å². The maximum absolute atomic E-state index is 15.3. The van der Waals surface area contributed by atoms with Crippen LogP contribution in [0.2, 0.25) is 0 Å². The van der Waals surface area contributed by atoms with E-state index < -0.39 is 17.4 Å². The second-order valence-corrected chi connectivity index (χ2v) is 8.92. The van der Waals surface area contributed by atoms with Crippen molar-refractivity contribution in [1.29, 1.82) is 0 Å². The molecule has 1 aliphatic rings. The summed E-state index contributed by atoms with van der Waals surface area (Å²) < 4.78 is 21.6. The van der Waals surface area contributed by atoms with Crippen molar-refractivity contribution in [3.63, 3.8) is 0 Å². The molecule has 3 rings (SSSR count). The monoisotopic (exact) mass is 487 g/mol. The van der Waals surface area contributed by atoms with Crippen LogP contribution in [0.15, 0.2) is 18.6 Å². The molecule has 1 amide bonds. The molecule has 1 atom stereocenters. The van der Waals surface area contributed by atoms with Gasteiger partial charge < -0.3 is 15.0 Å². The van der Waals surface area contributed by atoms with E-state index in [0.717, 1.165) is 14.5 Å². The Morgan fingerprint density at radius 3 is 2.93 bits per heavy atom. The van der Waals surface area contributed by atoms with Gasteiger partial charge in [-0.15, -0.1) is 0 Å². The SMILES string of the molecule is CC(C)(C)OC(=O)N1CCC[C@](F)(CNc2ncc3cncc(I)c3n2)C1. The highest BCUT2D eigenvalue weighted by atomic mass is 127. The topological polar surface area (TPSA) is 80.2 Å². The Balaban J connectivity index is 1.66. The van der Waals surface area contributed by atoms with Gasteiger partial charge >= 0.3 is 6.09 Å². The van der Waals surface area contributed by atoms with E-state index in [-0.39, 0.29) is 13.1 Å². The maximum Gasteiger partial charge on any atom is 0.410 e. The number of rotatable bonds is 3. The van der Waals surface area contributed by atoms with E-state index in [1.165, 1.54) is 4.90 Å². The highest BCUT2D eigenvalue weighted by Gasteiger charge is 2.38. The van der Waals surface area contributed by atoms with Crippen molar-refractivity contribution >= 4 is 45.5 Å². The first-order chi connectivity index (χ1) is 12.7. The average molecular weight is 487 g/mol. The normalized spacial score (nSPS) is 20.6. The van der Waals surface area contributed by atoms with Crippen LogP contribution in [0, 0.1) is 3.57 Å². The fraction of sp³-hybridized carbons (Fsp3) is 0.556. The summed E-state index contributed by atoms with van der Waals surface area (Å²) in [5, 5.41) is 3.81. The molecule has 1 aliphatic heterocycles. The lowest BCUT2D eigenvalue weighted by Gasteiger charge is -2.38. The number of piperidine rings is 1. The molecule has 2 aromatic rings. The number of ether oxygens (including phenoxy) is 1. The predicted molar refractivity (Wildman–Crippen MR) is 109 cm³/mol. The number of halogens is 2. The first-order valence-corrected chi connectivity index (χ1v) is 9.90. The van der Waals surface area contributed by atoms with Gasteiger partial charge in [0.1, 0.15) is 11.3 Å². The van der Waals surface area contributed by atoms with Gasteiger partial charge in [0.15, 0.2) is 0 Å². The largest absolute Gasteiger partial charge is 0.444 e. The second kappa shape index (κ2) is 7.69. The van der Waals surface area contributed by atoms with E-state index >= 15 is 4.39 Å². The third-order valence-electron chi connectivity index (χ3n) is 4.19. The van der Waals surface area contributed by atoms with Crippen LogP contribution in [0.5, 0.6) is 0 Å². The molecule has 0 radical (unpaired) electrons. The van der Waals surface area contributed by atoms with Gasteiger partial charge in [-0.05, 0) is 56.2 Å². The van der Waals surface area contributed by atoms with Gasteiger partial charge in [-0.25, -0.2) is 19.2 Å². The Morgan fingerprint density at radius 2 is 2.19 bits per heavy atom. The van der Waals surface area contributed by atoms with Crippen molar-refractivity contribution in [2.24, 2.45) is 0 Å². The standard InChI is InChI=1S/C18H23FIN5O2/c1-17(2,3)27-16(26)25-6-4-5-18(19,11-25)10-23-15-22-8-12-7-21-9-13(20)14(12)24-15/h7-9H,4-6,10-11H2,1-3H3,(H,22,23,24)/t18-/m0/s1. The summed E-state index contributed by atoms with van der Waals surface area (Å²) in [4.78, 5) is 26.5. The zero-order valence-electron chi connectivity index (χ0n) is 15.6. The third-order valence-corrected chi connectivity index (χ3v) is 4.98. The molecule has 0 unspecified atom stereocenters. The molecule has 7 nitrogen and oxygen atoms in total. The van der Waals surface area contributed by atoms with Crippen molar-refractivity contribution in [3.8, 4) is 0 Å². The summed E-state index contributed by atoms with van der Waals surface area (Å²) in [6.07, 6.45) is 5.55. The van der Waals surface area contributed by atoms with Gasteiger partial charge in [-0.3, -0.25) is 4.98 Å². The lowest BCUT2D eigenvalue weighted by Crippen LogP contribution is -2.52. The van der Waals surface area contributed by atoms with Gasteiger partial charge in [0, 0.05) is 30.5 Å². The molecule has 27 heavy (non-hydrogen) atoms. The molecule has 2 aromatic heterocycles. The Bertz CT molecular complexity index is 844. The fourth-order valence-corrected chi connectivity index (χ4v) is 3.55.